The third-order valence-electron chi connectivity index (χ3n) is 2.62. The van der Waals surface area contributed by atoms with Gasteiger partial charge in [-0.2, -0.15) is 0 Å². The predicted octanol–water partition coefficient (Wildman–Crippen LogP) is 0.762. The number of hydrogen-bond donors (Lipinski definition) is 2. The molecule has 1 aromatic heterocycles. The van der Waals surface area contributed by atoms with Crippen molar-refractivity contribution in [2.75, 3.05) is 6.54 Å². The van der Waals surface area contributed by atoms with Gasteiger partial charge in [-0.1, -0.05) is 0 Å². The fourth-order valence-corrected chi connectivity index (χ4v) is 1.84. The monoisotopic (exact) mass is 167 g/mol. The van der Waals surface area contributed by atoms with Crippen LogP contribution < -0.4 is 5.73 Å². The highest BCUT2D eigenvalue weighted by Crippen LogP contribution is 2.34. The smallest absolute Gasteiger partial charge is 0.105 e. The fourth-order valence-electron chi connectivity index (χ4n) is 1.84. The second-order valence-corrected chi connectivity index (χ2v) is 3.40. The summed E-state index contributed by atoms with van der Waals surface area (Å²) < 4.78 is 5.05. The van der Waals surface area contributed by atoms with Crippen LogP contribution in [0, 0.1) is 0 Å². The largest absolute Gasteiger partial charge is 0.472 e. The van der Waals surface area contributed by atoms with Crippen molar-refractivity contribution in [3.8, 4) is 0 Å². The van der Waals surface area contributed by atoms with Crippen molar-refractivity contribution < 1.29 is 9.52 Å². The lowest BCUT2D eigenvalue weighted by Crippen LogP contribution is -2.37. The van der Waals surface area contributed by atoms with Gasteiger partial charge in [-0.25, -0.2) is 0 Å². The van der Waals surface area contributed by atoms with Gasteiger partial charge in [-0.15, -0.1) is 0 Å². The molecule has 0 saturated heterocycles. The second-order valence-electron chi connectivity index (χ2n) is 3.40. The van der Waals surface area contributed by atoms with E-state index in [-0.39, 0.29) is 6.54 Å². The molecule has 0 spiro atoms. The lowest BCUT2D eigenvalue weighted by molar-refractivity contribution is 0.0278. The van der Waals surface area contributed by atoms with Crippen LogP contribution in [0.2, 0.25) is 0 Å². The Bertz CT molecular complexity index is 282. The summed E-state index contributed by atoms with van der Waals surface area (Å²) in [5.74, 6) is 0. The lowest BCUT2D eigenvalue weighted by Gasteiger charge is -2.30. The molecule has 1 aliphatic carbocycles. The van der Waals surface area contributed by atoms with Gasteiger partial charge in [0.05, 0.1) is 12.5 Å². The van der Waals surface area contributed by atoms with Gasteiger partial charge in [-0.3, -0.25) is 0 Å². The maximum absolute atomic E-state index is 10.0. The first-order valence-corrected chi connectivity index (χ1v) is 4.24. The zero-order chi connectivity index (χ0) is 8.60. The number of nitrogens with two attached hydrogens (primary N) is 1. The van der Waals surface area contributed by atoms with Crippen LogP contribution in [0.15, 0.2) is 16.9 Å². The lowest BCUT2D eigenvalue weighted by atomic mass is 9.82. The Morgan fingerprint density at radius 3 is 3.17 bits per heavy atom. The van der Waals surface area contributed by atoms with Crippen LogP contribution in [-0.2, 0) is 12.0 Å². The Labute approximate surface area is 71.2 Å². The van der Waals surface area contributed by atoms with Crippen molar-refractivity contribution in [1.29, 1.82) is 0 Å². The van der Waals surface area contributed by atoms with Gasteiger partial charge in [0.2, 0.25) is 0 Å². The van der Waals surface area contributed by atoms with E-state index in [1.165, 1.54) is 0 Å². The van der Waals surface area contributed by atoms with Crippen LogP contribution in [0.5, 0.6) is 0 Å². The highest BCUT2D eigenvalue weighted by molar-refractivity contribution is 5.30. The average molecular weight is 167 g/mol. The summed E-state index contributed by atoms with van der Waals surface area (Å²) in [4.78, 5) is 0. The molecule has 1 unspecified atom stereocenters. The minimum absolute atomic E-state index is 0.277. The molecular weight excluding hydrogens is 154 g/mol. The number of aryl methyl sites for hydroxylation is 1. The molecule has 1 atom stereocenters. The molecule has 0 aromatic carbocycles. The van der Waals surface area contributed by atoms with E-state index in [4.69, 9.17) is 10.2 Å². The van der Waals surface area contributed by atoms with Gasteiger partial charge < -0.3 is 15.3 Å². The summed E-state index contributed by atoms with van der Waals surface area (Å²) in [5.41, 5.74) is 6.68. The predicted molar refractivity (Wildman–Crippen MR) is 44.6 cm³/mol. The molecule has 3 nitrogen and oxygen atoms in total. The Balaban J connectivity index is 2.44. The quantitative estimate of drug-likeness (QED) is 0.649. The van der Waals surface area contributed by atoms with Crippen LogP contribution >= 0.6 is 0 Å². The maximum Gasteiger partial charge on any atom is 0.105 e. The van der Waals surface area contributed by atoms with Crippen LogP contribution in [0.4, 0.5) is 0 Å². The van der Waals surface area contributed by atoms with Crippen molar-refractivity contribution in [2.45, 2.75) is 24.9 Å². The molecule has 0 fully saturated rings. The van der Waals surface area contributed by atoms with E-state index in [0.29, 0.717) is 0 Å². The molecule has 3 heteroatoms. The van der Waals surface area contributed by atoms with Crippen molar-refractivity contribution in [3.05, 3.63) is 23.7 Å². The van der Waals surface area contributed by atoms with Crippen molar-refractivity contribution in [2.24, 2.45) is 5.73 Å². The molecule has 1 heterocycles. The minimum Gasteiger partial charge on any atom is -0.472 e. The SMILES string of the molecule is NCC1(O)CCCc2cocc21. The Hall–Kier alpha value is -0.800. The summed E-state index contributed by atoms with van der Waals surface area (Å²) in [6.07, 6.45) is 6.04. The van der Waals surface area contributed by atoms with E-state index in [2.05, 4.69) is 0 Å². The minimum atomic E-state index is -0.833. The van der Waals surface area contributed by atoms with Gasteiger partial charge in [0, 0.05) is 12.1 Å². The molecule has 0 aliphatic heterocycles. The molecule has 2 rings (SSSR count). The van der Waals surface area contributed by atoms with Crippen LogP contribution in [0.25, 0.3) is 0 Å². The van der Waals surface area contributed by atoms with Gasteiger partial charge in [0.15, 0.2) is 0 Å². The third kappa shape index (κ3) is 0.974. The maximum atomic E-state index is 10.0. The highest BCUT2D eigenvalue weighted by atomic mass is 16.3. The van der Waals surface area contributed by atoms with E-state index in [9.17, 15) is 5.11 Å². The molecule has 3 N–H and O–H groups in total. The van der Waals surface area contributed by atoms with Gasteiger partial charge >= 0.3 is 0 Å². The van der Waals surface area contributed by atoms with Gasteiger partial charge in [-0.05, 0) is 24.8 Å². The van der Waals surface area contributed by atoms with Crippen LogP contribution in [-0.4, -0.2) is 11.7 Å². The van der Waals surface area contributed by atoms with E-state index >= 15 is 0 Å². The molecule has 0 radical (unpaired) electrons. The van der Waals surface area contributed by atoms with E-state index in [1.54, 1.807) is 12.5 Å². The first kappa shape index (κ1) is 7.83. The van der Waals surface area contributed by atoms with Crippen molar-refractivity contribution >= 4 is 0 Å². The summed E-state index contributed by atoms with van der Waals surface area (Å²) in [6, 6.07) is 0. The molecular formula is C9H13NO2. The fraction of sp³-hybridized carbons (Fsp3) is 0.556. The third-order valence-corrected chi connectivity index (χ3v) is 2.62. The number of fused-ring (bicyclic) bond motifs is 1. The number of rotatable bonds is 1. The first-order chi connectivity index (χ1) is 5.76. The van der Waals surface area contributed by atoms with Crippen LogP contribution in [0.1, 0.15) is 24.0 Å². The summed E-state index contributed by atoms with van der Waals surface area (Å²) in [5, 5.41) is 10.0. The van der Waals surface area contributed by atoms with Gasteiger partial charge in [0.25, 0.3) is 0 Å². The molecule has 1 aromatic rings. The van der Waals surface area contributed by atoms with Gasteiger partial charge in [0.1, 0.15) is 5.60 Å². The number of furan rings is 1. The summed E-state index contributed by atoms with van der Waals surface area (Å²) in [6.45, 7) is 0.277. The molecule has 1 aliphatic rings. The van der Waals surface area contributed by atoms with E-state index in [0.717, 1.165) is 30.4 Å². The van der Waals surface area contributed by atoms with E-state index < -0.39 is 5.60 Å². The average Bonchev–Trinajstić information content (AvgIpc) is 2.54. The zero-order valence-corrected chi connectivity index (χ0v) is 6.92. The molecule has 12 heavy (non-hydrogen) atoms. The van der Waals surface area contributed by atoms with Crippen molar-refractivity contribution in [3.63, 3.8) is 0 Å². The zero-order valence-electron chi connectivity index (χ0n) is 6.92. The summed E-state index contributed by atoms with van der Waals surface area (Å²) in [7, 11) is 0. The molecule has 0 amide bonds. The molecule has 0 saturated carbocycles. The highest BCUT2D eigenvalue weighted by Gasteiger charge is 2.34. The molecule has 0 bridgehead atoms. The summed E-state index contributed by atoms with van der Waals surface area (Å²) >= 11 is 0. The topological polar surface area (TPSA) is 59.4 Å². The second kappa shape index (κ2) is 2.61. The van der Waals surface area contributed by atoms with Crippen molar-refractivity contribution in [1.82, 2.24) is 0 Å². The Kier molecular flexibility index (Phi) is 1.70. The van der Waals surface area contributed by atoms with E-state index in [1.807, 2.05) is 0 Å². The normalized spacial score (nSPS) is 28.5. The number of hydrogen-bond acceptors (Lipinski definition) is 3. The number of aliphatic hydroxyl groups is 1. The Morgan fingerprint density at radius 2 is 2.42 bits per heavy atom. The van der Waals surface area contributed by atoms with Crippen LogP contribution in [0.3, 0.4) is 0 Å². The standard InChI is InChI=1S/C9H13NO2/c10-6-9(11)3-1-2-7-4-12-5-8(7)9/h4-5,11H,1-3,6,10H2. The first-order valence-electron chi connectivity index (χ1n) is 4.24. The molecule has 66 valence electrons. The Morgan fingerprint density at radius 1 is 1.58 bits per heavy atom.